The minimum Gasteiger partial charge on any atom is -0.323 e. The fourth-order valence-electron chi connectivity index (χ4n) is 3.94. The summed E-state index contributed by atoms with van der Waals surface area (Å²) in [5, 5.41) is 12.0. The largest absolute Gasteiger partial charge is 0.325 e. The summed E-state index contributed by atoms with van der Waals surface area (Å²) >= 11 is 0. The number of carbonyl (C=O) groups excluding carboxylic acids is 3. The normalized spacial score (nSPS) is 21.3. The van der Waals surface area contributed by atoms with Crippen molar-refractivity contribution in [3.05, 3.63) is 30.3 Å². The average Bonchev–Trinajstić information content (AvgIpc) is 3.55. The van der Waals surface area contributed by atoms with Crippen molar-refractivity contribution in [3.63, 3.8) is 0 Å². The number of nitrogens with one attached hydrogen (secondary N) is 1. The quantitative estimate of drug-likeness (QED) is 0.622. The number of para-hydroxylation sites is 1. The molecule has 7 heteroatoms. The molecule has 4 rings (SSSR count). The highest BCUT2D eigenvalue weighted by Crippen LogP contribution is 2.54. The van der Waals surface area contributed by atoms with Crippen molar-refractivity contribution in [1.29, 1.82) is 5.26 Å². The van der Waals surface area contributed by atoms with Crippen LogP contribution in [0.1, 0.15) is 25.7 Å². The van der Waals surface area contributed by atoms with Crippen LogP contribution < -0.4 is 10.2 Å². The molecule has 1 aromatic rings. The van der Waals surface area contributed by atoms with Crippen LogP contribution in [0.2, 0.25) is 0 Å². The van der Waals surface area contributed by atoms with E-state index in [1.54, 1.807) is 24.3 Å². The second-order valence-corrected chi connectivity index (χ2v) is 7.21. The van der Waals surface area contributed by atoms with Crippen molar-refractivity contribution in [3.8, 4) is 6.07 Å². The van der Waals surface area contributed by atoms with Gasteiger partial charge in [0.05, 0.1) is 6.07 Å². The molecule has 0 spiro atoms. The van der Waals surface area contributed by atoms with Gasteiger partial charge in [-0.2, -0.15) is 5.26 Å². The molecule has 0 unspecified atom stereocenters. The maximum Gasteiger partial charge on any atom is 0.325 e. The molecule has 0 aromatic heterocycles. The van der Waals surface area contributed by atoms with E-state index in [0.717, 1.165) is 30.6 Å². The van der Waals surface area contributed by atoms with Crippen LogP contribution in [0.15, 0.2) is 30.3 Å². The Morgan fingerprint density at radius 2 is 1.81 bits per heavy atom. The van der Waals surface area contributed by atoms with E-state index in [-0.39, 0.29) is 30.8 Å². The smallest absolute Gasteiger partial charge is 0.323 e. The number of carbonyl (C=O) groups is 3. The molecule has 0 atom stereocenters. The zero-order chi connectivity index (χ0) is 18.3. The lowest BCUT2D eigenvalue weighted by Crippen LogP contribution is -2.52. The summed E-state index contributed by atoms with van der Waals surface area (Å²) < 4.78 is 0. The molecular formula is C19H20N4O3. The summed E-state index contributed by atoms with van der Waals surface area (Å²) in [6.45, 7) is -0.481. The number of urea groups is 1. The van der Waals surface area contributed by atoms with Crippen LogP contribution in [0.5, 0.6) is 0 Å². The highest BCUT2D eigenvalue weighted by atomic mass is 16.2. The first-order chi connectivity index (χ1) is 12.6. The number of hydrogen-bond acceptors (Lipinski definition) is 4. The van der Waals surface area contributed by atoms with Crippen LogP contribution in [0.3, 0.4) is 0 Å². The second-order valence-electron chi connectivity index (χ2n) is 7.21. The van der Waals surface area contributed by atoms with Gasteiger partial charge in [-0.1, -0.05) is 18.2 Å². The number of benzene rings is 1. The van der Waals surface area contributed by atoms with Crippen molar-refractivity contribution in [2.75, 3.05) is 18.0 Å². The average molecular weight is 352 g/mol. The van der Waals surface area contributed by atoms with Crippen molar-refractivity contribution >= 4 is 23.5 Å². The monoisotopic (exact) mass is 352 g/mol. The molecule has 1 saturated heterocycles. The molecule has 1 heterocycles. The Morgan fingerprint density at radius 3 is 2.35 bits per heavy atom. The first kappa shape index (κ1) is 16.6. The maximum absolute atomic E-state index is 13.1. The predicted octanol–water partition coefficient (Wildman–Crippen LogP) is 1.65. The van der Waals surface area contributed by atoms with E-state index in [1.165, 1.54) is 4.90 Å². The van der Waals surface area contributed by atoms with Crippen LogP contribution in [0, 0.1) is 23.2 Å². The van der Waals surface area contributed by atoms with Gasteiger partial charge in [0.25, 0.3) is 5.91 Å². The zero-order valence-corrected chi connectivity index (χ0v) is 14.4. The third kappa shape index (κ3) is 2.62. The highest BCUT2D eigenvalue weighted by Gasteiger charge is 2.65. The minimum atomic E-state index is -0.801. The number of nitrogens with zero attached hydrogens (tertiary/aromatic N) is 3. The second kappa shape index (κ2) is 6.13. The van der Waals surface area contributed by atoms with E-state index in [2.05, 4.69) is 5.32 Å². The summed E-state index contributed by atoms with van der Waals surface area (Å²) in [5.41, 5.74) is -0.230. The van der Waals surface area contributed by atoms with Gasteiger partial charge in [0.15, 0.2) is 0 Å². The van der Waals surface area contributed by atoms with E-state index >= 15 is 0 Å². The molecule has 4 amide bonds. The summed E-state index contributed by atoms with van der Waals surface area (Å²) in [7, 11) is 0. The Morgan fingerprint density at radius 1 is 1.19 bits per heavy atom. The fraction of sp³-hybridized carbons (Fsp3) is 0.474. The van der Waals surface area contributed by atoms with Crippen molar-refractivity contribution in [2.45, 2.75) is 31.2 Å². The molecule has 134 valence electrons. The molecule has 2 saturated carbocycles. The number of nitriles is 1. The number of imide groups is 1. The summed E-state index contributed by atoms with van der Waals surface area (Å²) in [6.07, 6.45) is 3.76. The van der Waals surface area contributed by atoms with Crippen LogP contribution >= 0.6 is 0 Å². The highest BCUT2D eigenvalue weighted by molar-refractivity contribution is 6.11. The summed E-state index contributed by atoms with van der Waals surface area (Å²) in [6, 6.07) is 10.3. The molecule has 1 aromatic carbocycles. The number of hydrogen-bond donors (Lipinski definition) is 1. The van der Waals surface area contributed by atoms with Gasteiger partial charge in [-0.25, -0.2) is 4.79 Å². The molecule has 7 nitrogen and oxygen atoms in total. The lowest BCUT2D eigenvalue weighted by molar-refractivity contribution is -0.135. The third-order valence-electron chi connectivity index (χ3n) is 5.49. The number of anilines is 1. The summed E-state index contributed by atoms with van der Waals surface area (Å²) in [5.74, 6) is -0.332. The van der Waals surface area contributed by atoms with Gasteiger partial charge in [0.2, 0.25) is 5.91 Å². The van der Waals surface area contributed by atoms with Crippen LogP contribution in [-0.4, -0.2) is 41.4 Å². The Balaban J connectivity index is 1.54. The number of rotatable bonds is 6. The van der Waals surface area contributed by atoms with Gasteiger partial charge in [0.1, 0.15) is 18.6 Å². The van der Waals surface area contributed by atoms with Crippen molar-refractivity contribution in [2.24, 2.45) is 11.8 Å². The molecule has 3 fully saturated rings. The van der Waals surface area contributed by atoms with E-state index in [0.29, 0.717) is 5.69 Å². The van der Waals surface area contributed by atoms with E-state index < -0.39 is 17.5 Å². The predicted molar refractivity (Wildman–Crippen MR) is 92.8 cm³/mol. The molecule has 1 N–H and O–H groups in total. The molecule has 1 aliphatic heterocycles. The Hall–Kier alpha value is -2.88. The lowest BCUT2D eigenvalue weighted by atomic mass is 9.87. The standard InChI is InChI=1S/C19H20N4O3/c20-10-11-22(15-4-2-1-3-5-15)16(24)12-23-17(25)19(13-6-7-13,14-8-9-14)21-18(23)26/h1-5,13-14H,6-9,11-12H2,(H,21,26). The van der Waals surface area contributed by atoms with Crippen molar-refractivity contribution in [1.82, 2.24) is 10.2 Å². The van der Waals surface area contributed by atoms with Crippen molar-refractivity contribution < 1.29 is 14.4 Å². The zero-order valence-electron chi connectivity index (χ0n) is 14.4. The fourth-order valence-corrected chi connectivity index (χ4v) is 3.94. The van der Waals surface area contributed by atoms with Gasteiger partial charge < -0.3 is 5.32 Å². The SMILES string of the molecule is N#CCN(C(=O)CN1C(=O)NC(C2CC2)(C2CC2)C1=O)c1ccccc1. The topological polar surface area (TPSA) is 93.5 Å². The Bertz CT molecular complexity index is 781. The van der Waals surface area contributed by atoms with Crippen LogP contribution in [-0.2, 0) is 9.59 Å². The third-order valence-corrected chi connectivity index (χ3v) is 5.49. The first-order valence-corrected chi connectivity index (χ1v) is 8.94. The van der Waals surface area contributed by atoms with Gasteiger partial charge in [-0.3, -0.25) is 19.4 Å². The minimum absolute atomic E-state index is 0.136. The first-order valence-electron chi connectivity index (χ1n) is 8.94. The van der Waals surface area contributed by atoms with Gasteiger partial charge in [-0.05, 0) is 49.7 Å². The maximum atomic E-state index is 13.1. The Labute approximate surface area is 151 Å². The molecular weight excluding hydrogens is 332 g/mol. The molecule has 0 radical (unpaired) electrons. The van der Waals surface area contributed by atoms with E-state index in [4.69, 9.17) is 5.26 Å². The molecule has 2 aliphatic carbocycles. The summed E-state index contributed by atoms with van der Waals surface area (Å²) in [4.78, 5) is 40.6. The van der Waals surface area contributed by atoms with Gasteiger partial charge >= 0.3 is 6.03 Å². The van der Waals surface area contributed by atoms with Crippen LogP contribution in [0.25, 0.3) is 0 Å². The van der Waals surface area contributed by atoms with Crippen LogP contribution in [0.4, 0.5) is 10.5 Å². The van der Waals surface area contributed by atoms with Gasteiger partial charge in [-0.15, -0.1) is 0 Å². The van der Waals surface area contributed by atoms with Gasteiger partial charge in [0, 0.05) is 5.69 Å². The molecule has 0 bridgehead atoms. The molecule has 3 aliphatic rings. The lowest BCUT2D eigenvalue weighted by Gasteiger charge is -2.27. The van der Waals surface area contributed by atoms with E-state index in [9.17, 15) is 14.4 Å². The number of amides is 4. The molecule has 26 heavy (non-hydrogen) atoms. The van der Waals surface area contributed by atoms with E-state index in [1.807, 2.05) is 12.1 Å². The Kier molecular flexibility index (Phi) is 3.91.